The number of carbonyl (C=O) groups excluding carboxylic acids is 1. The largest absolute Gasteiger partial charge is 0.343 e. The van der Waals surface area contributed by atoms with Crippen LogP contribution in [0.4, 0.5) is 0 Å². The zero-order valence-corrected chi connectivity index (χ0v) is 14.9. The predicted octanol–water partition coefficient (Wildman–Crippen LogP) is 1.52. The third-order valence-electron chi connectivity index (χ3n) is 4.90. The van der Waals surface area contributed by atoms with Crippen LogP contribution in [0.25, 0.3) is 0 Å². The van der Waals surface area contributed by atoms with Gasteiger partial charge in [0.05, 0.1) is 18.5 Å². The molecule has 0 N–H and O–H groups in total. The molecule has 0 spiro atoms. The second-order valence-corrected chi connectivity index (χ2v) is 6.38. The summed E-state index contributed by atoms with van der Waals surface area (Å²) in [6.45, 7) is 8.30. The maximum Gasteiger partial charge on any atom is 0.239 e. The molecule has 1 aliphatic rings. The Labute approximate surface area is 144 Å². The van der Waals surface area contributed by atoms with Gasteiger partial charge in [0, 0.05) is 58.2 Å². The van der Waals surface area contributed by atoms with Crippen LogP contribution in [0, 0.1) is 11.3 Å². The van der Waals surface area contributed by atoms with Gasteiger partial charge in [-0.2, -0.15) is 5.26 Å². The first-order valence-electron chi connectivity index (χ1n) is 8.54. The molecule has 0 saturated carbocycles. The minimum Gasteiger partial charge on any atom is -0.343 e. The van der Waals surface area contributed by atoms with Crippen LogP contribution in [-0.2, 0) is 4.79 Å². The smallest absolute Gasteiger partial charge is 0.239 e. The highest BCUT2D eigenvalue weighted by Gasteiger charge is 2.29. The van der Waals surface area contributed by atoms with Crippen LogP contribution in [-0.4, -0.2) is 71.4 Å². The topological polar surface area (TPSA) is 63.5 Å². The number of piperazine rings is 1. The third kappa shape index (κ3) is 4.53. The summed E-state index contributed by atoms with van der Waals surface area (Å²) in [5.74, 6) is 0.0963. The van der Waals surface area contributed by atoms with Crippen molar-refractivity contribution >= 4 is 5.91 Å². The molecule has 1 aromatic rings. The van der Waals surface area contributed by atoms with E-state index < -0.39 is 0 Å². The summed E-state index contributed by atoms with van der Waals surface area (Å²) in [4.78, 5) is 23.0. The maximum absolute atomic E-state index is 12.4. The molecule has 1 saturated heterocycles. The molecule has 2 heterocycles. The minimum absolute atomic E-state index is 0.0963. The van der Waals surface area contributed by atoms with E-state index in [-0.39, 0.29) is 11.9 Å². The van der Waals surface area contributed by atoms with E-state index in [9.17, 15) is 4.79 Å². The number of rotatable bonds is 6. The van der Waals surface area contributed by atoms with Gasteiger partial charge in [-0.05, 0) is 25.5 Å². The van der Waals surface area contributed by atoms with Crippen molar-refractivity contribution in [2.45, 2.75) is 32.4 Å². The fraction of sp³-hybridized carbons (Fsp3) is 0.611. The Morgan fingerprint density at radius 3 is 2.58 bits per heavy atom. The molecule has 1 aromatic heterocycles. The first-order valence-corrected chi connectivity index (χ1v) is 8.54. The number of amides is 1. The Morgan fingerprint density at radius 1 is 1.33 bits per heavy atom. The molecule has 0 aliphatic carbocycles. The molecule has 1 fully saturated rings. The molecule has 2 rings (SSSR count). The number of nitriles is 1. The van der Waals surface area contributed by atoms with E-state index in [4.69, 9.17) is 5.26 Å². The summed E-state index contributed by atoms with van der Waals surface area (Å²) in [6.07, 6.45) is 4.10. The van der Waals surface area contributed by atoms with Gasteiger partial charge in [0.25, 0.3) is 0 Å². The first-order chi connectivity index (χ1) is 11.5. The Hall–Kier alpha value is -1.97. The monoisotopic (exact) mass is 329 g/mol. The molecule has 24 heavy (non-hydrogen) atoms. The summed E-state index contributed by atoms with van der Waals surface area (Å²) in [6, 6.07) is 6.37. The summed E-state index contributed by atoms with van der Waals surface area (Å²) < 4.78 is 0. The Kier molecular flexibility index (Phi) is 6.71. The van der Waals surface area contributed by atoms with Crippen molar-refractivity contribution in [1.29, 1.82) is 5.26 Å². The quantitative estimate of drug-likeness (QED) is 0.792. The summed E-state index contributed by atoms with van der Waals surface area (Å²) >= 11 is 0. The van der Waals surface area contributed by atoms with Gasteiger partial charge in [-0.25, -0.2) is 0 Å². The molecule has 2 atom stereocenters. The molecule has 1 aliphatic heterocycles. The first kappa shape index (κ1) is 18.4. The van der Waals surface area contributed by atoms with Crippen LogP contribution in [0.2, 0.25) is 0 Å². The third-order valence-corrected chi connectivity index (χ3v) is 4.90. The number of likely N-dealkylation sites (N-methyl/N-ethyl adjacent to an activating group) is 1. The number of nitrogens with zero attached hydrogens (tertiary/aromatic N) is 5. The molecular weight excluding hydrogens is 302 g/mol. The Bertz CT molecular complexity index is 563. The van der Waals surface area contributed by atoms with E-state index in [0.717, 1.165) is 26.2 Å². The van der Waals surface area contributed by atoms with E-state index in [2.05, 4.69) is 33.8 Å². The maximum atomic E-state index is 12.4. The lowest BCUT2D eigenvalue weighted by Crippen LogP contribution is -2.54. The lowest BCUT2D eigenvalue weighted by atomic mass is 10.1. The lowest BCUT2D eigenvalue weighted by molar-refractivity contribution is -0.135. The fourth-order valence-electron chi connectivity index (χ4n) is 3.15. The van der Waals surface area contributed by atoms with Gasteiger partial charge in [-0.1, -0.05) is 6.07 Å². The van der Waals surface area contributed by atoms with Crippen molar-refractivity contribution in [3.63, 3.8) is 0 Å². The van der Waals surface area contributed by atoms with Crippen molar-refractivity contribution in [1.82, 2.24) is 19.7 Å². The van der Waals surface area contributed by atoms with Gasteiger partial charge in [-0.3, -0.25) is 19.6 Å². The van der Waals surface area contributed by atoms with Gasteiger partial charge >= 0.3 is 0 Å². The van der Waals surface area contributed by atoms with E-state index in [1.807, 2.05) is 19.2 Å². The highest BCUT2D eigenvalue weighted by atomic mass is 16.2. The van der Waals surface area contributed by atoms with E-state index in [0.29, 0.717) is 19.0 Å². The second kappa shape index (κ2) is 8.76. The summed E-state index contributed by atoms with van der Waals surface area (Å²) in [5, 5.41) is 8.65. The number of pyridine rings is 1. The standard InChI is InChI=1S/C18H27N5O/c1-15(17-6-4-8-20-14-17)22-10-12-23(13-11-22)16(2)18(24)21(3)9-5-7-19/h4,6,8,14-16H,5,9-13H2,1-3H3/t15-,16+/m0/s1. The number of aromatic nitrogens is 1. The minimum atomic E-state index is -0.135. The van der Waals surface area contributed by atoms with Crippen molar-refractivity contribution < 1.29 is 4.79 Å². The SMILES string of the molecule is C[C@H](C(=O)N(C)CCC#N)N1CCN([C@@H](C)c2cccnc2)CC1. The molecule has 0 bridgehead atoms. The molecule has 6 heteroatoms. The molecule has 6 nitrogen and oxygen atoms in total. The van der Waals surface area contributed by atoms with Crippen LogP contribution < -0.4 is 0 Å². The van der Waals surface area contributed by atoms with Crippen LogP contribution in [0.3, 0.4) is 0 Å². The second-order valence-electron chi connectivity index (χ2n) is 6.38. The predicted molar refractivity (Wildman–Crippen MR) is 93.1 cm³/mol. The Morgan fingerprint density at radius 2 is 2.00 bits per heavy atom. The molecule has 1 amide bonds. The van der Waals surface area contributed by atoms with Crippen molar-refractivity contribution in [2.24, 2.45) is 0 Å². The van der Waals surface area contributed by atoms with Crippen molar-refractivity contribution in [2.75, 3.05) is 39.8 Å². The Balaban J connectivity index is 1.86. The number of hydrogen-bond acceptors (Lipinski definition) is 5. The van der Waals surface area contributed by atoms with Gasteiger partial charge in [0.15, 0.2) is 0 Å². The highest BCUT2D eigenvalue weighted by molar-refractivity contribution is 5.81. The van der Waals surface area contributed by atoms with Gasteiger partial charge < -0.3 is 4.90 Å². The van der Waals surface area contributed by atoms with Crippen LogP contribution in [0.5, 0.6) is 0 Å². The summed E-state index contributed by atoms with van der Waals surface area (Å²) in [7, 11) is 1.77. The van der Waals surface area contributed by atoms with Crippen molar-refractivity contribution in [3.05, 3.63) is 30.1 Å². The fourth-order valence-corrected chi connectivity index (χ4v) is 3.15. The molecule has 0 radical (unpaired) electrons. The van der Waals surface area contributed by atoms with Crippen LogP contribution in [0.15, 0.2) is 24.5 Å². The average molecular weight is 329 g/mol. The normalized spacial score (nSPS) is 18.6. The number of carbonyl (C=O) groups is 1. The molecule has 0 aromatic carbocycles. The van der Waals surface area contributed by atoms with Crippen LogP contribution in [0.1, 0.15) is 31.9 Å². The van der Waals surface area contributed by atoms with E-state index in [1.54, 1.807) is 18.1 Å². The molecule has 0 unspecified atom stereocenters. The van der Waals surface area contributed by atoms with E-state index >= 15 is 0 Å². The van der Waals surface area contributed by atoms with Crippen LogP contribution >= 0.6 is 0 Å². The van der Waals surface area contributed by atoms with E-state index in [1.165, 1.54) is 5.56 Å². The van der Waals surface area contributed by atoms with Gasteiger partial charge in [0.2, 0.25) is 5.91 Å². The molecular formula is C18H27N5O. The number of hydrogen-bond donors (Lipinski definition) is 0. The average Bonchev–Trinajstić information content (AvgIpc) is 2.65. The van der Waals surface area contributed by atoms with Crippen molar-refractivity contribution in [3.8, 4) is 6.07 Å². The molecule has 130 valence electrons. The highest BCUT2D eigenvalue weighted by Crippen LogP contribution is 2.21. The summed E-state index contributed by atoms with van der Waals surface area (Å²) in [5.41, 5.74) is 1.23. The zero-order chi connectivity index (χ0) is 17.5. The van der Waals surface area contributed by atoms with Gasteiger partial charge in [-0.15, -0.1) is 0 Å². The zero-order valence-electron chi connectivity index (χ0n) is 14.9. The van der Waals surface area contributed by atoms with Gasteiger partial charge in [0.1, 0.15) is 0 Å². The lowest BCUT2D eigenvalue weighted by Gasteiger charge is -2.40.